The van der Waals surface area contributed by atoms with Crippen LogP contribution in [0.5, 0.6) is 5.75 Å². The third-order valence-corrected chi connectivity index (χ3v) is 3.36. The van der Waals surface area contributed by atoms with E-state index in [1.54, 1.807) is 7.11 Å². The summed E-state index contributed by atoms with van der Waals surface area (Å²) < 4.78 is 5.42. The fourth-order valence-corrected chi connectivity index (χ4v) is 2.03. The third-order valence-electron chi connectivity index (χ3n) is 3.36. The molecule has 0 amide bonds. The molecule has 2 nitrogen and oxygen atoms in total. The zero-order valence-electron chi connectivity index (χ0n) is 9.76. The molecule has 2 rings (SSSR count). The Morgan fingerprint density at radius 3 is 2.67 bits per heavy atom. The number of methoxy groups -OCH3 is 1. The molecular weight excluding hydrogens is 186 g/mol. The number of benzene rings is 1. The molecule has 0 spiro atoms. The van der Waals surface area contributed by atoms with Crippen LogP contribution in [0.3, 0.4) is 0 Å². The van der Waals surface area contributed by atoms with Crippen molar-refractivity contribution in [2.75, 3.05) is 14.2 Å². The second-order valence-electron chi connectivity index (χ2n) is 4.52. The first kappa shape index (κ1) is 10.5. The van der Waals surface area contributed by atoms with E-state index in [-0.39, 0.29) is 0 Å². The molecule has 1 aromatic carbocycles. The Balaban J connectivity index is 2.20. The van der Waals surface area contributed by atoms with Gasteiger partial charge in [0.2, 0.25) is 0 Å². The molecule has 1 aliphatic carbocycles. The lowest BCUT2D eigenvalue weighted by Crippen LogP contribution is -2.29. The van der Waals surface area contributed by atoms with Crippen molar-refractivity contribution in [2.24, 2.45) is 0 Å². The van der Waals surface area contributed by atoms with Crippen molar-refractivity contribution >= 4 is 0 Å². The van der Waals surface area contributed by atoms with Gasteiger partial charge in [-0.05, 0) is 50.4 Å². The van der Waals surface area contributed by atoms with Crippen molar-refractivity contribution in [3.8, 4) is 5.75 Å². The number of rotatable bonds is 4. The van der Waals surface area contributed by atoms with Gasteiger partial charge in [-0.3, -0.25) is 0 Å². The fourth-order valence-electron chi connectivity index (χ4n) is 2.03. The van der Waals surface area contributed by atoms with Gasteiger partial charge in [-0.25, -0.2) is 0 Å². The van der Waals surface area contributed by atoms with Crippen LogP contribution in [0.2, 0.25) is 0 Å². The van der Waals surface area contributed by atoms with Gasteiger partial charge in [-0.15, -0.1) is 0 Å². The van der Waals surface area contributed by atoms with Crippen LogP contribution in [0.25, 0.3) is 0 Å². The number of hydrogen-bond donors (Lipinski definition) is 1. The van der Waals surface area contributed by atoms with Crippen molar-refractivity contribution in [3.63, 3.8) is 0 Å². The van der Waals surface area contributed by atoms with Gasteiger partial charge >= 0.3 is 0 Å². The zero-order valence-corrected chi connectivity index (χ0v) is 9.76. The summed E-state index contributed by atoms with van der Waals surface area (Å²) in [4.78, 5) is 0. The van der Waals surface area contributed by atoms with E-state index in [2.05, 4.69) is 30.4 Å². The van der Waals surface area contributed by atoms with Crippen LogP contribution >= 0.6 is 0 Å². The third kappa shape index (κ3) is 2.15. The Kier molecular flexibility index (Phi) is 2.70. The maximum Gasteiger partial charge on any atom is 0.122 e. The monoisotopic (exact) mass is 205 g/mol. The van der Waals surface area contributed by atoms with Gasteiger partial charge in [0.15, 0.2) is 0 Å². The lowest BCUT2D eigenvalue weighted by atomic mass is 10.0. The lowest BCUT2D eigenvalue weighted by molar-refractivity contribution is 0.404. The van der Waals surface area contributed by atoms with E-state index in [1.165, 1.54) is 24.0 Å². The first-order chi connectivity index (χ1) is 7.19. The van der Waals surface area contributed by atoms with E-state index in [1.807, 2.05) is 7.05 Å². The maximum absolute atomic E-state index is 5.42. The predicted molar refractivity (Wildman–Crippen MR) is 62.5 cm³/mol. The molecule has 0 aromatic heterocycles. The van der Waals surface area contributed by atoms with Gasteiger partial charge in [0.25, 0.3) is 0 Å². The van der Waals surface area contributed by atoms with Crippen molar-refractivity contribution in [3.05, 3.63) is 29.3 Å². The molecule has 0 atom stereocenters. The van der Waals surface area contributed by atoms with Crippen LogP contribution in [-0.2, 0) is 6.42 Å². The van der Waals surface area contributed by atoms with Gasteiger partial charge in [-0.2, -0.15) is 0 Å². The second-order valence-corrected chi connectivity index (χ2v) is 4.52. The Hall–Kier alpha value is -1.02. The summed E-state index contributed by atoms with van der Waals surface area (Å²) in [5.41, 5.74) is 2.92. The minimum Gasteiger partial charge on any atom is -0.496 e. The van der Waals surface area contributed by atoms with E-state index in [4.69, 9.17) is 4.74 Å². The number of ether oxygens (including phenoxy) is 1. The van der Waals surface area contributed by atoms with E-state index in [9.17, 15) is 0 Å². The lowest BCUT2D eigenvalue weighted by Gasteiger charge is -2.16. The van der Waals surface area contributed by atoms with Gasteiger partial charge in [0.1, 0.15) is 5.75 Å². The summed E-state index contributed by atoms with van der Waals surface area (Å²) >= 11 is 0. The molecule has 0 heterocycles. The van der Waals surface area contributed by atoms with Crippen molar-refractivity contribution < 1.29 is 4.74 Å². The second kappa shape index (κ2) is 3.86. The zero-order chi connectivity index (χ0) is 10.9. The summed E-state index contributed by atoms with van der Waals surface area (Å²) in [7, 11) is 3.80. The molecule has 2 heteroatoms. The molecular formula is C13H19NO. The standard InChI is InChI=1S/C13H19NO/c1-10-4-5-11(12(8-10)15-3)9-13(14-2)6-7-13/h4-5,8,14H,6-7,9H2,1-3H3. The van der Waals surface area contributed by atoms with Crippen LogP contribution in [0, 0.1) is 6.92 Å². The number of nitrogens with one attached hydrogen (secondary N) is 1. The molecule has 1 aliphatic rings. The highest BCUT2D eigenvalue weighted by Crippen LogP contribution is 2.40. The summed E-state index contributed by atoms with van der Waals surface area (Å²) in [6, 6.07) is 6.45. The van der Waals surface area contributed by atoms with E-state index in [0.717, 1.165) is 12.2 Å². The molecule has 0 unspecified atom stereocenters. The summed E-state index contributed by atoms with van der Waals surface area (Å²) in [6.07, 6.45) is 3.63. The normalized spacial score (nSPS) is 17.5. The Morgan fingerprint density at radius 2 is 2.13 bits per heavy atom. The average molecular weight is 205 g/mol. The Labute approximate surface area is 91.6 Å². The predicted octanol–water partition coefficient (Wildman–Crippen LogP) is 2.30. The highest BCUT2D eigenvalue weighted by atomic mass is 16.5. The van der Waals surface area contributed by atoms with Crippen molar-refractivity contribution in [1.82, 2.24) is 5.32 Å². The van der Waals surface area contributed by atoms with E-state index in [0.29, 0.717) is 5.54 Å². The van der Waals surface area contributed by atoms with Crippen LogP contribution in [-0.4, -0.2) is 19.7 Å². The number of likely N-dealkylation sites (N-methyl/N-ethyl adjacent to an activating group) is 1. The highest BCUT2D eigenvalue weighted by molar-refractivity contribution is 5.39. The van der Waals surface area contributed by atoms with Crippen molar-refractivity contribution in [1.29, 1.82) is 0 Å². The summed E-state index contributed by atoms with van der Waals surface area (Å²) in [6.45, 7) is 2.09. The molecule has 1 fully saturated rings. The molecule has 0 saturated heterocycles. The number of aryl methyl sites for hydroxylation is 1. The van der Waals surface area contributed by atoms with E-state index < -0.39 is 0 Å². The Bertz CT molecular complexity index is 356. The first-order valence-corrected chi connectivity index (χ1v) is 5.51. The quantitative estimate of drug-likeness (QED) is 0.814. The first-order valence-electron chi connectivity index (χ1n) is 5.51. The number of hydrogen-bond acceptors (Lipinski definition) is 2. The van der Waals surface area contributed by atoms with E-state index >= 15 is 0 Å². The smallest absolute Gasteiger partial charge is 0.122 e. The van der Waals surface area contributed by atoms with Crippen molar-refractivity contribution in [2.45, 2.75) is 31.7 Å². The molecule has 1 saturated carbocycles. The van der Waals surface area contributed by atoms with Gasteiger partial charge in [0.05, 0.1) is 7.11 Å². The van der Waals surface area contributed by atoms with Gasteiger partial charge < -0.3 is 10.1 Å². The SMILES string of the molecule is CNC1(Cc2ccc(C)cc2OC)CC1. The molecule has 0 bridgehead atoms. The van der Waals surface area contributed by atoms with Crippen LogP contribution in [0.1, 0.15) is 24.0 Å². The molecule has 15 heavy (non-hydrogen) atoms. The highest BCUT2D eigenvalue weighted by Gasteiger charge is 2.41. The van der Waals surface area contributed by atoms with Gasteiger partial charge in [0, 0.05) is 5.54 Å². The fraction of sp³-hybridized carbons (Fsp3) is 0.538. The topological polar surface area (TPSA) is 21.3 Å². The molecule has 82 valence electrons. The minimum absolute atomic E-state index is 0.350. The summed E-state index contributed by atoms with van der Waals surface area (Å²) in [5, 5.41) is 3.41. The minimum atomic E-state index is 0.350. The molecule has 1 aromatic rings. The van der Waals surface area contributed by atoms with Gasteiger partial charge in [-0.1, -0.05) is 12.1 Å². The molecule has 1 N–H and O–H groups in total. The largest absolute Gasteiger partial charge is 0.496 e. The average Bonchev–Trinajstić information content (AvgIpc) is 3.01. The van der Waals surface area contributed by atoms with Crippen LogP contribution < -0.4 is 10.1 Å². The maximum atomic E-state index is 5.42. The van der Waals surface area contributed by atoms with Crippen LogP contribution in [0.15, 0.2) is 18.2 Å². The molecule has 0 radical (unpaired) electrons. The van der Waals surface area contributed by atoms with Crippen LogP contribution in [0.4, 0.5) is 0 Å². The molecule has 0 aliphatic heterocycles. The Morgan fingerprint density at radius 1 is 1.40 bits per heavy atom. The summed E-state index contributed by atoms with van der Waals surface area (Å²) in [5.74, 6) is 1.02.